The van der Waals surface area contributed by atoms with Gasteiger partial charge in [-0.1, -0.05) is 45.1 Å². The predicted octanol–water partition coefficient (Wildman–Crippen LogP) is 4.95. The Bertz CT molecular complexity index is 650. The van der Waals surface area contributed by atoms with Crippen LogP contribution in [0.3, 0.4) is 0 Å². The topological polar surface area (TPSA) is 43.3 Å². The normalized spacial score (nSPS) is 23.3. The van der Waals surface area contributed by atoms with Gasteiger partial charge in [0.25, 0.3) is 0 Å². The molecule has 126 valence electrons. The van der Waals surface area contributed by atoms with Gasteiger partial charge in [0.1, 0.15) is 5.65 Å². The second-order valence-corrected chi connectivity index (χ2v) is 7.47. The number of fused-ring (bicyclic) bond motifs is 1. The van der Waals surface area contributed by atoms with Crippen molar-refractivity contribution in [3.63, 3.8) is 0 Å². The molecule has 1 aliphatic rings. The van der Waals surface area contributed by atoms with Gasteiger partial charge in [0.15, 0.2) is 0 Å². The van der Waals surface area contributed by atoms with Gasteiger partial charge in [-0.15, -0.1) is 0 Å². The summed E-state index contributed by atoms with van der Waals surface area (Å²) in [7, 11) is 0. The Kier molecular flexibility index (Phi) is 5.05. The Hall–Kier alpha value is -1.35. The molecule has 1 atom stereocenters. The summed E-state index contributed by atoms with van der Waals surface area (Å²) in [5, 5.41) is 0. The highest BCUT2D eigenvalue weighted by Gasteiger charge is 2.29. The number of pyridine rings is 1. The van der Waals surface area contributed by atoms with E-state index in [0.717, 1.165) is 17.3 Å². The van der Waals surface area contributed by atoms with Crippen LogP contribution in [0, 0.1) is 25.7 Å². The van der Waals surface area contributed by atoms with Crippen molar-refractivity contribution in [1.29, 1.82) is 0 Å². The number of hydrogen-bond acceptors (Lipinski definition) is 2. The quantitative estimate of drug-likeness (QED) is 0.849. The Morgan fingerprint density at radius 2 is 1.96 bits per heavy atom. The van der Waals surface area contributed by atoms with Gasteiger partial charge in [0.2, 0.25) is 0 Å². The summed E-state index contributed by atoms with van der Waals surface area (Å²) in [5.74, 6) is 1.54. The second kappa shape index (κ2) is 7.04. The van der Waals surface area contributed by atoms with Crippen LogP contribution in [0.2, 0.25) is 0 Å². The number of rotatable bonds is 5. The summed E-state index contributed by atoms with van der Waals surface area (Å²) >= 11 is 0. The molecule has 3 nitrogen and oxygen atoms in total. The van der Waals surface area contributed by atoms with Crippen molar-refractivity contribution < 1.29 is 0 Å². The maximum atomic E-state index is 6.72. The molecule has 0 aliphatic heterocycles. The lowest BCUT2D eigenvalue weighted by molar-refractivity contribution is 0.230. The third kappa shape index (κ3) is 3.45. The SMILES string of the molecule is CCCCC1CCC(C(N)c2c(C)nc3ccc(C)cn23)CC1. The fourth-order valence-electron chi connectivity index (χ4n) is 4.24. The molecule has 0 saturated heterocycles. The highest BCUT2D eigenvalue weighted by Crippen LogP contribution is 2.38. The molecule has 1 fully saturated rings. The number of aryl methyl sites for hydroxylation is 2. The standard InChI is InChI=1S/C20H31N3/c1-4-5-6-16-8-10-17(11-9-16)19(21)20-15(3)22-18-12-7-14(2)13-23(18)20/h7,12-13,16-17,19H,4-6,8-11,21H2,1-3H3. The lowest BCUT2D eigenvalue weighted by Gasteiger charge is -2.32. The molecule has 1 saturated carbocycles. The molecule has 3 heteroatoms. The number of aromatic nitrogens is 2. The van der Waals surface area contributed by atoms with Crippen LogP contribution >= 0.6 is 0 Å². The molecular weight excluding hydrogens is 282 g/mol. The molecule has 23 heavy (non-hydrogen) atoms. The maximum absolute atomic E-state index is 6.72. The van der Waals surface area contributed by atoms with Crippen LogP contribution in [-0.2, 0) is 0 Å². The molecule has 2 aromatic rings. The number of nitrogens with two attached hydrogens (primary N) is 1. The van der Waals surface area contributed by atoms with Crippen molar-refractivity contribution in [3.8, 4) is 0 Å². The summed E-state index contributed by atoms with van der Waals surface area (Å²) in [4.78, 5) is 4.71. The molecule has 3 rings (SSSR count). The Labute approximate surface area is 140 Å². The van der Waals surface area contributed by atoms with Gasteiger partial charge < -0.3 is 10.1 Å². The summed E-state index contributed by atoms with van der Waals surface area (Å²) < 4.78 is 2.22. The Morgan fingerprint density at radius 3 is 2.65 bits per heavy atom. The van der Waals surface area contributed by atoms with Crippen LogP contribution in [0.1, 0.15) is 74.9 Å². The first-order valence-corrected chi connectivity index (χ1v) is 9.31. The first-order valence-electron chi connectivity index (χ1n) is 9.31. The molecule has 0 aromatic carbocycles. The first kappa shape index (κ1) is 16.5. The molecule has 2 heterocycles. The van der Waals surface area contributed by atoms with E-state index in [1.165, 1.54) is 56.2 Å². The fourth-order valence-corrected chi connectivity index (χ4v) is 4.24. The Morgan fingerprint density at radius 1 is 1.22 bits per heavy atom. The van der Waals surface area contributed by atoms with Crippen LogP contribution in [-0.4, -0.2) is 9.38 Å². The van der Waals surface area contributed by atoms with Crippen molar-refractivity contribution in [2.75, 3.05) is 0 Å². The van der Waals surface area contributed by atoms with Crippen LogP contribution in [0.25, 0.3) is 5.65 Å². The third-order valence-corrected chi connectivity index (χ3v) is 5.67. The molecule has 2 N–H and O–H groups in total. The van der Waals surface area contributed by atoms with Crippen LogP contribution < -0.4 is 5.73 Å². The minimum atomic E-state index is 0.110. The number of imidazole rings is 1. The van der Waals surface area contributed by atoms with E-state index < -0.39 is 0 Å². The summed E-state index contributed by atoms with van der Waals surface area (Å²) in [5.41, 5.74) is 11.3. The zero-order valence-electron chi connectivity index (χ0n) is 14.9. The van der Waals surface area contributed by atoms with Gasteiger partial charge in [-0.3, -0.25) is 0 Å². The van der Waals surface area contributed by atoms with E-state index in [-0.39, 0.29) is 6.04 Å². The van der Waals surface area contributed by atoms with E-state index in [4.69, 9.17) is 10.7 Å². The van der Waals surface area contributed by atoms with Gasteiger partial charge >= 0.3 is 0 Å². The highest BCUT2D eigenvalue weighted by atomic mass is 15.0. The highest BCUT2D eigenvalue weighted by molar-refractivity contribution is 5.45. The van der Waals surface area contributed by atoms with Crippen molar-refractivity contribution >= 4 is 5.65 Å². The zero-order chi connectivity index (χ0) is 16.4. The van der Waals surface area contributed by atoms with E-state index in [0.29, 0.717) is 5.92 Å². The van der Waals surface area contributed by atoms with Crippen molar-refractivity contribution in [1.82, 2.24) is 9.38 Å². The summed E-state index contributed by atoms with van der Waals surface area (Å²) in [6, 6.07) is 4.33. The first-order chi connectivity index (χ1) is 11.1. The second-order valence-electron chi connectivity index (χ2n) is 7.47. The van der Waals surface area contributed by atoms with E-state index in [1.54, 1.807) is 0 Å². The number of unbranched alkanes of at least 4 members (excludes halogenated alkanes) is 1. The molecule has 2 aromatic heterocycles. The number of nitrogens with zero attached hydrogens (tertiary/aromatic N) is 2. The van der Waals surface area contributed by atoms with Gasteiger partial charge in [-0.05, 0) is 50.2 Å². The van der Waals surface area contributed by atoms with Crippen molar-refractivity contribution in [2.45, 2.75) is 71.8 Å². The van der Waals surface area contributed by atoms with Gasteiger partial charge in [0.05, 0.1) is 17.4 Å². The minimum absolute atomic E-state index is 0.110. The largest absolute Gasteiger partial charge is 0.322 e. The van der Waals surface area contributed by atoms with E-state index in [1.807, 2.05) is 0 Å². The van der Waals surface area contributed by atoms with E-state index in [2.05, 4.69) is 43.5 Å². The monoisotopic (exact) mass is 313 g/mol. The molecular formula is C20H31N3. The maximum Gasteiger partial charge on any atom is 0.137 e. The fraction of sp³-hybridized carbons (Fsp3) is 0.650. The lowest BCUT2D eigenvalue weighted by Crippen LogP contribution is -2.27. The molecule has 0 radical (unpaired) electrons. The average Bonchev–Trinajstić information content (AvgIpc) is 2.88. The molecule has 1 aliphatic carbocycles. The van der Waals surface area contributed by atoms with Gasteiger partial charge in [0, 0.05) is 6.20 Å². The Balaban J connectivity index is 1.75. The van der Waals surface area contributed by atoms with Crippen LogP contribution in [0.4, 0.5) is 0 Å². The average molecular weight is 313 g/mol. The summed E-state index contributed by atoms with van der Waals surface area (Å²) in [6.07, 6.45) is 11.5. The molecule has 0 amide bonds. The lowest BCUT2D eigenvalue weighted by atomic mass is 9.76. The molecule has 1 unspecified atom stereocenters. The molecule has 0 bridgehead atoms. The smallest absolute Gasteiger partial charge is 0.137 e. The van der Waals surface area contributed by atoms with E-state index in [9.17, 15) is 0 Å². The number of hydrogen-bond donors (Lipinski definition) is 1. The van der Waals surface area contributed by atoms with Crippen molar-refractivity contribution in [3.05, 3.63) is 35.3 Å². The molecule has 0 spiro atoms. The van der Waals surface area contributed by atoms with Crippen LogP contribution in [0.5, 0.6) is 0 Å². The predicted molar refractivity (Wildman–Crippen MR) is 96.6 cm³/mol. The van der Waals surface area contributed by atoms with Crippen molar-refractivity contribution in [2.24, 2.45) is 17.6 Å². The zero-order valence-corrected chi connectivity index (χ0v) is 14.9. The minimum Gasteiger partial charge on any atom is -0.322 e. The summed E-state index contributed by atoms with van der Waals surface area (Å²) in [6.45, 7) is 6.52. The van der Waals surface area contributed by atoms with E-state index >= 15 is 0 Å². The van der Waals surface area contributed by atoms with Gasteiger partial charge in [-0.25, -0.2) is 4.98 Å². The van der Waals surface area contributed by atoms with Crippen LogP contribution in [0.15, 0.2) is 18.3 Å². The third-order valence-electron chi connectivity index (χ3n) is 5.67. The van der Waals surface area contributed by atoms with Gasteiger partial charge in [-0.2, -0.15) is 0 Å².